The standard InChI is InChI=1S/C16H15BrClF2NO4S/c1-21(26(22,23)15-6-4-11(17)8-12(15)18)9-10-3-5-13(25-16(19)20)14(7-10)24-2/h3-8,16H,9H2,1-2H3. The Hall–Kier alpha value is -1.42. The van der Waals surface area contributed by atoms with Crippen LogP contribution in [-0.2, 0) is 16.6 Å². The van der Waals surface area contributed by atoms with Gasteiger partial charge in [0.15, 0.2) is 11.5 Å². The van der Waals surface area contributed by atoms with Crippen LogP contribution in [0.3, 0.4) is 0 Å². The highest BCUT2D eigenvalue weighted by Gasteiger charge is 2.24. The van der Waals surface area contributed by atoms with Gasteiger partial charge in [0.1, 0.15) is 4.90 Å². The number of rotatable bonds is 7. The van der Waals surface area contributed by atoms with Crippen LogP contribution in [-0.4, -0.2) is 33.5 Å². The predicted octanol–water partition coefficient (Wildman–Crippen LogP) is 4.53. The van der Waals surface area contributed by atoms with Crippen LogP contribution in [0.1, 0.15) is 5.56 Å². The van der Waals surface area contributed by atoms with Gasteiger partial charge in [-0.05, 0) is 35.9 Å². The van der Waals surface area contributed by atoms with E-state index in [9.17, 15) is 17.2 Å². The molecule has 0 radical (unpaired) electrons. The van der Waals surface area contributed by atoms with Crippen LogP contribution in [0.5, 0.6) is 11.5 Å². The van der Waals surface area contributed by atoms with Crippen LogP contribution in [0.25, 0.3) is 0 Å². The van der Waals surface area contributed by atoms with E-state index in [4.69, 9.17) is 16.3 Å². The summed E-state index contributed by atoms with van der Waals surface area (Å²) in [5.74, 6) is -0.0528. The van der Waals surface area contributed by atoms with Crippen molar-refractivity contribution in [3.05, 3.63) is 51.5 Å². The Labute approximate surface area is 163 Å². The maximum absolute atomic E-state index is 12.7. The Kier molecular flexibility index (Phi) is 6.84. The highest BCUT2D eigenvalue weighted by Crippen LogP contribution is 2.31. The zero-order valence-corrected chi connectivity index (χ0v) is 16.9. The summed E-state index contributed by atoms with van der Waals surface area (Å²) in [4.78, 5) is -0.0329. The van der Waals surface area contributed by atoms with Crippen molar-refractivity contribution in [2.75, 3.05) is 14.2 Å². The number of ether oxygens (including phenoxy) is 2. The Morgan fingerprint density at radius 1 is 1.19 bits per heavy atom. The number of benzene rings is 2. The molecule has 0 saturated heterocycles. The fourth-order valence-electron chi connectivity index (χ4n) is 2.20. The first-order chi connectivity index (χ1) is 12.1. The van der Waals surface area contributed by atoms with E-state index in [1.807, 2.05) is 0 Å². The van der Waals surface area contributed by atoms with E-state index in [0.717, 1.165) is 4.31 Å². The molecule has 2 rings (SSSR count). The number of hydrogen-bond acceptors (Lipinski definition) is 4. The number of halogens is 4. The smallest absolute Gasteiger partial charge is 0.387 e. The van der Waals surface area contributed by atoms with Crippen molar-refractivity contribution >= 4 is 37.6 Å². The molecule has 2 aromatic rings. The van der Waals surface area contributed by atoms with Crippen molar-refractivity contribution in [1.82, 2.24) is 4.31 Å². The summed E-state index contributed by atoms with van der Waals surface area (Å²) in [6.45, 7) is -3.00. The molecule has 0 aliphatic rings. The molecule has 0 N–H and O–H groups in total. The number of nitrogens with zero attached hydrogens (tertiary/aromatic N) is 1. The van der Waals surface area contributed by atoms with Gasteiger partial charge in [0.2, 0.25) is 10.0 Å². The third kappa shape index (κ3) is 4.85. The lowest BCUT2D eigenvalue weighted by molar-refractivity contribution is -0.0512. The molecule has 5 nitrogen and oxygen atoms in total. The van der Waals surface area contributed by atoms with Gasteiger partial charge >= 0.3 is 6.61 Å². The van der Waals surface area contributed by atoms with Crippen molar-refractivity contribution in [2.45, 2.75) is 18.1 Å². The minimum atomic E-state index is -3.84. The van der Waals surface area contributed by atoms with Gasteiger partial charge in [0.05, 0.1) is 12.1 Å². The van der Waals surface area contributed by atoms with Crippen LogP contribution in [0.4, 0.5) is 8.78 Å². The largest absolute Gasteiger partial charge is 0.493 e. The van der Waals surface area contributed by atoms with Crippen LogP contribution >= 0.6 is 27.5 Å². The van der Waals surface area contributed by atoms with Gasteiger partial charge < -0.3 is 9.47 Å². The fraction of sp³-hybridized carbons (Fsp3) is 0.250. The van der Waals surface area contributed by atoms with E-state index >= 15 is 0 Å². The monoisotopic (exact) mass is 469 g/mol. The van der Waals surface area contributed by atoms with Gasteiger partial charge in [-0.1, -0.05) is 33.6 Å². The molecule has 0 amide bonds. The molecule has 0 spiro atoms. The quantitative estimate of drug-likeness (QED) is 0.596. The van der Waals surface area contributed by atoms with E-state index in [1.54, 1.807) is 6.07 Å². The van der Waals surface area contributed by atoms with Crippen LogP contribution < -0.4 is 9.47 Å². The van der Waals surface area contributed by atoms with Gasteiger partial charge in [-0.25, -0.2) is 8.42 Å². The van der Waals surface area contributed by atoms with Gasteiger partial charge in [-0.15, -0.1) is 0 Å². The first-order valence-corrected chi connectivity index (χ1v) is 9.79. The molecule has 0 saturated carbocycles. The van der Waals surface area contributed by atoms with Crippen molar-refractivity contribution in [3.63, 3.8) is 0 Å². The van der Waals surface area contributed by atoms with E-state index < -0.39 is 16.6 Å². The highest BCUT2D eigenvalue weighted by atomic mass is 79.9. The molecule has 0 aliphatic heterocycles. The second-order valence-corrected chi connectivity index (χ2v) is 8.54. The van der Waals surface area contributed by atoms with E-state index in [0.29, 0.717) is 10.0 Å². The Morgan fingerprint density at radius 3 is 2.46 bits per heavy atom. The first kappa shape index (κ1) is 20.9. The zero-order valence-electron chi connectivity index (χ0n) is 13.7. The number of alkyl halides is 2. The van der Waals surface area contributed by atoms with E-state index in [2.05, 4.69) is 20.7 Å². The summed E-state index contributed by atoms with van der Waals surface area (Å²) in [6, 6.07) is 8.68. The van der Waals surface area contributed by atoms with E-state index in [1.165, 1.54) is 44.5 Å². The zero-order chi connectivity index (χ0) is 19.5. The molecular formula is C16H15BrClF2NO4S. The SMILES string of the molecule is COc1cc(CN(C)S(=O)(=O)c2ccc(Br)cc2Cl)ccc1OC(F)F. The van der Waals surface area contributed by atoms with Gasteiger partial charge in [-0.3, -0.25) is 0 Å². The number of sulfonamides is 1. The van der Waals surface area contributed by atoms with Crippen LogP contribution in [0, 0.1) is 0 Å². The average molecular weight is 471 g/mol. The molecular weight excluding hydrogens is 456 g/mol. The Balaban J connectivity index is 2.27. The van der Waals surface area contributed by atoms with Crippen molar-refractivity contribution in [3.8, 4) is 11.5 Å². The topological polar surface area (TPSA) is 55.8 Å². The molecule has 2 aromatic carbocycles. The molecule has 26 heavy (non-hydrogen) atoms. The molecule has 0 atom stereocenters. The first-order valence-electron chi connectivity index (χ1n) is 7.18. The summed E-state index contributed by atoms with van der Waals surface area (Å²) < 4.78 is 61.3. The van der Waals surface area contributed by atoms with Gasteiger partial charge in [0, 0.05) is 18.1 Å². The molecule has 0 bridgehead atoms. The number of hydrogen-bond donors (Lipinski definition) is 0. The van der Waals surface area contributed by atoms with E-state index in [-0.39, 0.29) is 28.0 Å². The fourth-order valence-corrected chi connectivity index (χ4v) is 4.36. The lowest BCUT2D eigenvalue weighted by atomic mass is 10.2. The molecule has 0 fully saturated rings. The third-order valence-corrected chi connectivity index (χ3v) is 6.21. The molecule has 0 aliphatic carbocycles. The van der Waals surface area contributed by atoms with Gasteiger partial charge in [-0.2, -0.15) is 13.1 Å². The molecule has 142 valence electrons. The summed E-state index contributed by atoms with van der Waals surface area (Å²) in [5, 5.41) is 0.0875. The predicted molar refractivity (Wildman–Crippen MR) is 97.4 cm³/mol. The summed E-state index contributed by atoms with van der Waals surface area (Å²) in [6.07, 6.45) is 0. The normalized spacial score (nSPS) is 11.8. The summed E-state index contributed by atoms with van der Waals surface area (Å²) in [7, 11) is -1.15. The lowest BCUT2D eigenvalue weighted by Crippen LogP contribution is -2.26. The van der Waals surface area contributed by atoms with Crippen LogP contribution in [0.15, 0.2) is 45.8 Å². The second kappa shape index (κ2) is 8.51. The van der Waals surface area contributed by atoms with Crippen molar-refractivity contribution < 1.29 is 26.7 Å². The molecule has 10 heteroatoms. The Bertz CT molecular complexity index is 896. The maximum atomic E-state index is 12.7. The minimum Gasteiger partial charge on any atom is -0.493 e. The second-order valence-electron chi connectivity index (χ2n) is 5.20. The lowest BCUT2D eigenvalue weighted by Gasteiger charge is -2.19. The molecule has 0 aromatic heterocycles. The molecule has 0 unspecified atom stereocenters. The third-order valence-electron chi connectivity index (χ3n) is 3.43. The Morgan fingerprint density at radius 2 is 1.88 bits per heavy atom. The average Bonchev–Trinajstić information content (AvgIpc) is 2.55. The number of methoxy groups -OCH3 is 1. The van der Waals surface area contributed by atoms with Crippen molar-refractivity contribution in [2.24, 2.45) is 0 Å². The molecule has 0 heterocycles. The maximum Gasteiger partial charge on any atom is 0.387 e. The van der Waals surface area contributed by atoms with Crippen LogP contribution in [0.2, 0.25) is 5.02 Å². The van der Waals surface area contributed by atoms with Crippen molar-refractivity contribution in [1.29, 1.82) is 0 Å². The van der Waals surface area contributed by atoms with Gasteiger partial charge in [0.25, 0.3) is 0 Å². The summed E-state index contributed by atoms with van der Waals surface area (Å²) >= 11 is 9.26. The summed E-state index contributed by atoms with van der Waals surface area (Å²) in [5.41, 5.74) is 0.530. The highest BCUT2D eigenvalue weighted by molar-refractivity contribution is 9.10. The minimum absolute atomic E-state index is 0.0138.